The molecule has 54 valence electrons. The fourth-order valence-corrected chi connectivity index (χ4v) is 0.573. The second kappa shape index (κ2) is 4.60. The van der Waals surface area contributed by atoms with Crippen molar-refractivity contribution in [3.05, 3.63) is 12.2 Å². The Hall–Kier alpha value is -0.260. The van der Waals surface area contributed by atoms with Gasteiger partial charge in [-0.2, -0.15) is 0 Å². The summed E-state index contributed by atoms with van der Waals surface area (Å²) in [4.78, 5) is 0. The van der Waals surface area contributed by atoms with E-state index in [1.807, 2.05) is 0 Å². The van der Waals surface area contributed by atoms with Crippen LogP contribution >= 0.6 is 0 Å². The fraction of sp³-hybridized carbons (Fsp3) is 0.778. The Morgan fingerprint density at radius 3 is 2.11 bits per heavy atom. The lowest BCUT2D eigenvalue weighted by atomic mass is 9.98. The highest BCUT2D eigenvalue weighted by atomic mass is 14.1. The van der Waals surface area contributed by atoms with E-state index in [1.165, 1.54) is 0 Å². The average molecular weight is 126 g/mol. The minimum Gasteiger partial charge on any atom is -0.0885 e. The van der Waals surface area contributed by atoms with E-state index in [-0.39, 0.29) is 0 Å². The topological polar surface area (TPSA) is 0 Å². The molecule has 0 bridgehead atoms. The fourth-order valence-electron chi connectivity index (χ4n) is 0.573. The minimum atomic E-state index is 0.741. The molecule has 0 saturated heterocycles. The third-order valence-electron chi connectivity index (χ3n) is 1.73. The molecule has 0 radical (unpaired) electrons. The Morgan fingerprint density at radius 1 is 1.22 bits per heavy atom. The smallest absolute Gasteiger partial charge is 0.0239 e. The van der Waals surface area contributed by atoms with Gasteiger partial charge in [-0.3, -0.25) is 0 Å². The van der Waals surface area contributed by atoms with Gasteiger partial charge >= 0.3 is 0 Å². The largest absolute Gasteiger partial charge is 0.0885 e. The highest BCUT2D eigenvalue weighted by Crippen LogP contribution is 2.10. The Balaban J connectivity index is 3.48. The summed E-state index contributed by atoms with van der Waals surface area (Å²) in [6.45, 7) is 8.94. The van der Waals surface area contributed by atoms with Crippen LogP contribution in [0.1, 0.15) is 34.1 Å². The van der Waals surface area contributed by atoms with Crippen molar-refractivity contribution in [3.63, 3.8) is 0 Å². The second-order valence-corrected chi connectivity index (χ2v) is 2.94. The van der Waals surface area contributed by atoms with Crippen LogP contribution in [0.15, 0.2) is 12.2 Å². The van der Waals surface area contributed by atoms with Crippen LogP contribution in [0.25, 0.3) is 0 Å². The summed E-state index contributed by atoms with van der Waals surface area (Å²) in [5.41, 5.74) is 0. The van der Waals surface area contributed by atoms with Crippen molar-refractivity contribution in [2.45, 2.75) is 34.1 Å². The summed E-state index contributed by atoms with van der Waals surface area (Å²) in [5.74, 6) is 1.53. The van der Waals surface area contributed by atoms with Crippen molar-refractivity contribution in [1.29, 1.82) is 0 Å². The normalized spacial score (nSPS) is 15.2. The Labute approximate surface area is 59.0 Å². The molecule has 0 nitrogen and oxygen atoms in total. The van der Waals surface area contributed by atoms with Crippen molar-refractivity contribution >= 4 is 0 Å². The van der Waals surface area contributed by atoms with Crippen molar-refractivity contribution in [2.24, 2.45) is 11.8 Å². The van der Waals surface area contributed by atoms with E-state index in [9.17, 15) is 0 Å². The van der Waals surface area contributed by atoms with Crippen LogP contribution in [0.2, 0.25) is 0 Å². The lowest BCUT2D eigenvalue weighted by Crippen LogP contribution is -1.98. The number of allylic oxidation sites excluding steroid dienone is 2. The van der Waals surface area contributed by atoms with Gasteiger partial charge in [-0.25, -0.2) is 0 Å². The van der Waals surface area contributed by atoms with Crippen LogP contribution in [0.4, 0.5) is 0 Å². The first-order valence-electron chi connectivity index (χ1n) is 3.85. The summed E-state index contributed by atoms with van der Waals surface area (Å²) >= 11 is 0. The maximum absolute atomic E-state index is 2.30. The van der Waals surface area contributed by atoms with Gasteiger partial charge in [0.2, 0.25) is 0 Å². The molecule has 0 heteroatoms. The SMILES string of the molecule is CC/C=C\C(C)C(C)C. The van der Waals surface area contributed by atoms with Crippen molar-refractivity contribution < 1.29 is 0 Å². The lowest BCUT2D eigenvalue weighted by Gasteiger charge is -2.08. The predicted octanol–water partition coefficient (Wildman–Crippen LogP) is 3.24. The van der Waals surface area contributed by atoms with Crippen LogP contribution in [0.5, 0.6) is 0 Å². The zero-order valence-corrected chi connectivity index (χ0v) is 7.02. The molecule has 1 unspecified atom stereocenters. The van der Waals surface area contributed by atoms with Crippen molar-refractivity contribution in [2.75, 3.05) is 0 Å². The summed E-state index contributed by atoms with van der Waals surface area (Å²) in [6, 6.07) is 0. The van der Waals surface area contributed by atoms with E-state index in [2.05, 4.69) is 39.8 Å². The van der Waals surface area contributed by atoms with Gasteiger partial charge in [0.05, 0.1) is 0 Å². The molecule has 0 N–H and O–H groups in total. The van der Waals surface area contributed by atoms with E-state index in [4.69, 9.17) is 0 Å². The first-order valence-corrected chi connectivity index (χ1v) is 3.85. The quantitative estimate of drug-likeness (QED) is 0.509. The first kappa shape index (κ1) is 8.74. The number of hydrogen-bond acceptors (Lipinski definition) is 0. The third-order valence-corrected chi connectivity index (χ3v) is 1.73. The van der Waals surface area contributed by atoms with Crippen LogP contribution in [0, 0.1) is 11.8 Å². The van der Waals surface area contributed by atoms with Gasteiger partial charge in [0.25, 0.3) is 0 Å². The summed E-state index contributed by atoms with van der Waals surface area (Å²) in [7, 11) is 0. The van der Waals surface area contributed by atoms with Crippen LogP contribution in [0.3, 0.4) is 0 Å². The number of rotatable bonds is 3. The predicted molar refractivity (Wildman–Crippen MR) is 43.4 cm³/mol. The monoisotopic (exact) mass is 126 g/mol. The molecule has 1 atom stereocenters. The van der Waals surface area contributed by atoms with Crippen molar-refractivity contribution in [1.82, 2.24) is 0 Å². The molecule has 0 heterocycles. The van der Waals surface area contributed by atoms with Gasteiger partial charge in [0.15, 0.2) is 0 Å². The first-order chi connectivity index (χ1) is 4.18. The van der Waals surface area contributed by atoms with Gasteiger partial charge < -0.3 is 0 Å². The summed E-state index contributed by atoms with van der Waals surface area (Å²) in [6.07, 6.45) is 5.70. The lowest BCUT2D eigenvalue weighted by molar-refractivity contribution is 0.503. The van der Waals surface area contributed by atoms with Gasteiger partial charge in [-0.1, -0.05) is 39.8 Å². The summed E-state index contributed by atoms with van der Waals surface area (Å²) in [5, 5.41) is 0. The minimum absolute atomic E-state index is 0.741. The third kappa shape index (κ3) is 4.26. The molecule has 0 aliphatic carbocycles. The highest BCUT2D eigenvalue weighted by molar-refractivity contribution is 4.86. The van der Waals surface area contributed by atoms with Crippen LogP contribution < -0.4 is 0 Å². The summed E-state index contributed by atoms with van der Waals surface area (Å²) < 4.78 is 0. The Bertz CT molecular complexity index is 80.0. The molecule has 0 aromatic carbocycles. The van der Waals surface area contributed by atoms with Crippen LogP contribution in [-0.2, 0) is 0 Å². The van der Waals surface area contributed by atoms with Crippen molar-refractivity contribution in [3.8, 4) is 0 Å². The molecule has 9 heavy (non-hydrogen) atoms. The molecule has 0 amide bonds. The molecule has 0 aliphatic heterocycles. The van der Waals surface area contributed by atoms with Gasteiger partial charge in [-0.05, 0) is 18.3 Å². The second-order valence-electron chi connectivity index (χ2n) is 2.94. The number of hydrogen-bond donors (Lipinski definition) is 0. The zero-order chi connectivity index (χ0) is 7.28. The molecule has 0 aromatic heterocycles. The van der Waals surface area contributed by atoms with Gasteiger partial charge in [0, 0.05) is 0 Å². The molecule has 0 aliphatic rings. The van der Waals surface area contributed by atoms with E-state index in [0.29, 0.717) is 0 Å². The Morgan fingerprint density at radius 2 is 1.78 bits per heavy atom. The van der Waals surface area contributed by atoms with Gasteiger partial charge in [-0.15, -0.1) is 0 Å². The standard InChI is InChI=1S/C9H18/c1-5-6-7-9(4)8(2)3/h6-9H,5H2,1-4H3/b7-6-. The zero-order valence-electron chi connectivity index (χ0n) is 7.02. The van der Waals surface area contributed by atoms with E-state index >= 15 is 0 Å². The molecule has 0 saturated carbocycles. The van der Waals surface area contributed by atoms with Gasteiger partial charge in [0.1, 0.15) is 0 Å². The molecule has 0 rings (SSSR count). The van der Waals surface area contributed by atoms with Crippen LogP contribution in [-0.4, -0.2) is 0 Å². The maximum atomic E-state index is 2.30. The molecule has 0 fully saturated rings. The van der Waals surface area contributed by atoms with E-state index in [1.54, 1.807) is 0 Å². The highest BCUT2D eigenvalue weighted by Gasteiger charge is 1.99. The molecular formula is C9H18. The molecule has 0 spiro atoms. The molecular weight excluding hydrogens is 108 g/mol. The van der Waals surface area contributed by atoms with E-state index < -0.39 is 0 Å². The Kier molecular flexibility index (Phi) is 4.47. The van der Waals surface area contributed by atoms with E-state index in [0.717, 1.165) is 18.3 Å². The average Bonchev–Trinajstić information content (AvgIpc) is 1.82. The molecule has 0 aromatic rings. The maximum Gasteiger partial charge on any atom is -0.0239 e.